The number of nitro groups is 2. The summed E-state index contributed by atoms with van der Waals surface area (Å²) in [6.07, 6.45) is 0. The van der Waals surface area contributed by atoms with Gasteiger partial charge in [0.1, 0.15) is 0 Å². The molecule has 4 aromatic carbocycles. The van der Waals surface area contributed by atoms with Crippen molar-refractivity contribution in [2.24, 2.45) is 10.2 Å². The lowest BCUT2D eigenvalue weighted by molar-refractivity contribution is -0.384. The second-order valence-corrected chi connectivity index (χ2v) is 6.50. The Morgan fingerprint density at radius 1 is 0.655 bits per heavy atom. The Labute approximate surface area is 164 Å². The molecule has 0 unspecified atom stereocenters. The Balaban J connectivity index is 1.52. The Morgan fingerprint density at radius 3 is 1.79 bits per heavy atom. The predicted octanol–water partition coefficient (Wildman–Crippen LogP) is 6.09. The average molecular weight is 386 g/mol. The Morgan fingerprint density at radius 2 is 1.17 bits per heavy atom. The number of benzene rings is 4. The molecule has 142 valence electrons. The summed E-state index contributed by atoms with van der Waals surface area (Å²) in [6.45, 7) is 0.366. The molecule has 0 aliphatic rings. The largest absolute Gasteiger partial charge is 0.270 e. The van der Waals surface area contributed by atoms with Gasteiger partial charge in [0.25, 0.3) is 11.4 Å². The van der Waals surface area contributed by atoms with Crippen LogP contribution in [0.1, 0.15) is 5.56 Å². The number of azo groups is 1. The van der Waals surface area contributed by atoms with Gasteiger partial charge in [0.2, 0.25) is 0 Å². The Kier molecular flexibility index (Phi) is 4.66. The molecule has 0 aliphatic heterocycles. The molecule has 0 spiro atoms. The quantitative estimate of drug-likeness (QED) is 0.234. The lowest BCUT2D eigenvalue weighted by Gasteiger charge is -2.02. The summed E-state index contributed by atoms with van der Waals surface area (Å²) in [5.41, 5.74) is 1.70. The third-order valence-electron chi connectivity index (χ3n) is 4.56. The van der Waals surface area contributed by atoms with Gasteiger partial charge in [-0.1, -0.05) is 18.2 Å². The number of fused-ring (bicyclic) bond motifs is 2. The number of non-ortho nitro benzene ring substituents is 2. The molecule has 0 radical (unpaired) electrons. The lowest BCUT2D eigenvalue weighted by Crippen LogP contribution is -1.88. The molecule has 0 saturated carbocycles. The minimum Gasteiger partial charge on any atom is -0.258 e. The number of nitrogens with zero attached hydrogens (tertiary/aromatic N) is 4. The van der Waals surface area contributed by atoms with Gasteiger partial charge < -0.3 is 0 Å². The second kappa shape index (κ2) is 7.43. The van der Waals surface area contributed by atoms with Gasteiger partial charge in [-0.2, -0.15) is 10.2 Å². The third-order valence-corrected chi connectivity index (χ3v) is 4.56. The monoisotopic (exact) mass is 386 g/mol. The van der Waals surface area contributed by atoms with Crippen LogP contribution in [0.3, 0.4) is 0 Å². The summed E-state index contributed by atoms with van der Waals surface area (Å²) in [5.74, 6) is 0. The van der Waals surface area contributed by atoms with Gasteiger partial charge in [-0.25, -0.2) is 0 Å². The molecule has 0 amide bonds. The molecular formula is C21H14N4O4. The van der Waals surface area contributed by atoms with Crippen molar-refractivity contribution in [3.05, 3.63) is 98.6 Å². The zero-order chi connectivity index (χ0) is 20.4. The van der Waals surface area contributed by atoms with Crippen LogP contribution in [0.5, 0.6) is 0 Å². The van der Waals surface area contributed by atoms with Crippen molar-refractivity contribution in [3.63, 3.8) is 0 Å². The van der Waals surface area contributed by atoms with Crippen molar-refractivity contribution in [1.29, 1.82) is 0 Å². The molecule has 4 rings (SSSR count). The summed E-state index contributed by atoms with van der Waals surface area (Å²) in [6, 6.07) is 20.4. The van der Waals surface area contributed by atoms with E-state index < -0.39 is 9.85 Å². The van der Waals surface area contributed by atoms with Gasteiger partial charge in [-0.3, -0.25) is 20.2 Å². The topological polar surface area (TPSA) is 111 Å². The summed E-state index contributed by atoms with van der Waals surface area (Å²) in [5, 5.41) is 33.5. The van der Waals surface area contributed by atoms with Crippen LogP contribution in [0.15, 0.2) is 83.0 Å². The first-order valence-corrected chi connectivity index (χ1v) is 8.72. The van der Waals surface area contributed by atoms with Crippen LogP contribution in [0.4, 0.5) is 17.1 Å². The maximum Gasteiger partial charge on any atom is 0.270 e. The Hall–Kier alpha value is -4.20. The smallest absolute Gasteiger partial charge is 0.258 e. The van der Waals surface area contributed by atoms with Crippen LogP contribution in [-0.2, 0) is 6.54 Å². The standard InChI is InChI=1S/C21H14N4O4/c26-24(27)20-7-4-15-9-14(1-2-17(15)11-20)13-22-23-19-6-3-18-12-21(25(28)29)8-5-16(18)10-19/h1-12H,13H2. The number of hydrogen-bond donors (Lipinski definition) is 0. The zero-order valence-electron chi connectivity index (χ0n) is 15.1. The van der Waals surface area contributed by atoms with E-state index in [2.05, 4.69) is 10.2 Å². The van der Waals surface area contributed by atoms with Crippen molar-refractivity contribution in [3.8, 4) is 0 Å². The van der Waals surface area contributed by atoms with E-state index in [1.807, 2.05) is 24.3 Å². The molecule has 8 heteroatoms. The first-order chi connectivity index (χ1) is 14.0. The number of hydrogen-bond acceptors (Lipinski definition) is 6. The minimum absolute atomic E-state index is 0.0495. The first kappa shape index (κ1) is 18.2. The molecule has 29 heavy (non-hydrogen) atoms. The fourth-order valence-corrected chi connectivity index (χ4v) is 3.09. The van der Waals surface area contributed by atoms with E-state index in [1.165, 1.54) is 18.2 Å². The molecule has 8 nitrogen and oxygen atoms in total. The lowest BCUT2D eigenvalue weighted by atomic mass is 10.1. The van der Waals surface area contributed by atoms with E-state index >= 15 is 0 Å². The highest BCUT2D eigenvalue weighted by Gasteiger charge is 2.07. The first-order valence-electron chi connectivity index (χ1n) is 8.72. The van der Waals surface area contributed by atoms with Crippen LogP contribution in [-0.4, -0.2) is 9.85 Å². The van der Waals surface area contributed by atoms with Gasteiger partial charge in [0.15, 0.2) is 0 Å². The zero-order valence-corrected chi connectivity index (χ0v) is 15.1. The minimum atomic E-state index is -0.422. The number of rotatable bonds is 5. The van der Waals surface area contributed by atoms with E-state index in [-0.39, 0.29) is 11.4 Å². The van der Waals surface area contributed by atoms with Gasteiger partial charge in [-0.05, 0) is 57.4 Å². The van der Waals surface area contributed by atoms with E-state index in [1.54, 1.807) is 30.3 Å². The molecule has 4 aromatic rings. The fourth-order valence-electron chi connectivity index (χ4n) is 3.09. The molecule has 0 aliphatic carbocycles. The predicted molar refractivity (Wildman–Crippen MR) is 109 cm³/mol. The Bertz CT molecular complexity index is 1300. The van der Waals surface area contributed by atoms with Crippen LogP contribution in [0, 0.1) is 20.2 Å². The highest BCUT2D eigenvalue weighted by Crippen LogP contribution is 2.26. The van der Waals surface area contributed by atoms with Gasteiger partial charge in [0.05, 0.1) is 22.1 Å². The van der Waals surface area contributed by atoms with Crippen LogP contribution < -0.4 is 0 Å². The van der Waals surface area contributed by atoms with Gasteiger partial charge in [0, 0.05) is 24.3 Å². The van der Waals surface area contributed by atoms with E-state index in [9.17, 15) is 20.2 Å². The average Bonchev–Trinajstić information content (AvgIpc) is 2.72. The van der Waals surface area contributed by atoms with Gasteiger partial charge in [-0.15, -0.1) is 0 Å². The molecule has 0 bridgehead atoms. The second-order valence-electron chi connectivity index (χ2n) is 6.50. The fraction of sp³-hybridized carbons (Fsp3) is 0.0476. The van der Waals surface area contributed by atoms with Crippen molar-refractivity contribution in [1.82, 2.24) is 0 Å². The molecular weight excluding hydrogens is 372 g/mol. The SMILES string of the molecule is O=[N+]([O-])c1ccc2cc(CN=Nc3ccc4cc([N+](=O)[O-])ccc4c3)ccc2c1. The highest BCUT2D eigenvalue weighted by atomic mass is 16.6. The number of nitro benzene ring substituents is 2. The van der Waals surface area contributed by atoms with Crippen LogP contribution in [0.25, 0.3) is 21.5 Å². The van der Waals surface area contributed by atoms with E-state index in [0.717, 1.165) is 27.1 Å². The van der Waals surface area contributed by atoms with Crippen molar-refractivity contribution in [2.45, 2.75) is 6.54 Å². The summed E-state index contributed by atoms with van der Waals surface area (Å²) < 4.78 is 0. The maximum absolute atomic E-state index is 10.9. The van der Waals surface area contributed by atoms with Crippen molar-refractivity contribution < 1.29 is 9.85 Å². The van der Waals surface area contributed by atoms with Crippen LogP contribution in [0.2, 0.25) is 0 Å². The van der Waals surface area contributed by atoms with Crippen molar-refractivity contribution in [2.75, 3.05) is 0 Å². The van der Waals surface area contributed by atoms with Crippen molar-refractivity contribution >= 4 is 38.6 Å². The van der Waals surface area contributed by atoms with Crippen LogP contribution >= 0.6 is 0 Å². The van der Waals surface area contributed by atoms with E-state index in [0.29, 0.717) is 12.2 Å². The van der Waals surface area contributed by atoms with E-state index in [4.69, 9.17) is 0 Å². The molecule has 0 atom stereocenters. The molecule has 0 aromatic heterocycles. The van der Waals surface area contributed by atoms with Gasteiger partial charge >= 0.3 is 0 Å². The summed E-state index contributed by atoms with van der Waals surface area (Å²) >= 11 is 0. The molecule has 0 N–H and O–H groups in total. The molecule has 0 saturated heterocycles. The molecule has 0 fully saturated rings. The normalized spacial score (nSPS) is 11.3. The maximum atomic E-state index is 10.9. The third kappa shape index (κ3) is 3.91. The summed E-state index contributed by atoms with van der Waals surface area (Å²) in [4.78, 5) is 20.9. The molecule has 0 heterocycles. The summed E-state index contributed by atoms with van der Waals surface area (Å²) in [7, 11) is 0. The highest BCUT2D eigenvalue weighted by molar-refractivity contribution is 5.87.